The molecule has 28 heavy (non-hydrogen) atoms. The van der Waals surface area contributed by atoms with E-state index in [1.54, 1.807) is 6.33 Å². The number of aromatic nitrogens is 3. The zero-order valence-corrected chi connectivity index (χ0v) is 17.1. The number of aryl methyl sites for hydroxylation is 1. The Balaban J connectivity index is 1.86. The summed E-state index contributed by atoms with van der Waals surface area (Å²) in [5.41, 5.74) is 0.632. The SMILES string of the molecule is Cn1cnnc1CC1(c2cccc(NC(=O)OC(C)(C)C)c2)CC(C)(C#N)C1. The third-order valence-corrected chi connectivity index (χ3v) is 5.15. The summed E-state index contributed by atoms with van der Waals surface area (Å²) < 4.78 is 7.25. The number of hydrogen-bond acceptors (Lipinski definition) is 5. The van der Waals surface area contributed by atoms with Gasteiger partial charge >= 0.3 is 6.09 Å². The van der Waals surface area contributed by atoms with Gasteiger partial charge in [0, 0.05) is 24.6 Å². The van der Waals surface area contributed by atoms with E-state index in [0.717, 1.165) is 24.2 Å². The van der Waals surface area contributed by atoms with Crippen LogP contribution in [0.4, 0.5) is 10.5 Å². The van der Waals surface area contributed by atoms with Crippen LogP contribution in [0, 0.1) is 16.7 Å². The van der Waals surface area contributed by atoms with Crippen molar-refractivity contribution in [3.05, 3.63) is 42.0 Å². The highest BCUT2D eigenvalue weighted by Crippen LogP contribution is 2.57. The lowest BCUT2D eigenvalue weighted by Crippen LogP contribution is -2.49. The fourth-order valence-corrected chi connectivity index (χ4v) is 4.07. The molecule has 0 aliphatic heterocycles. The van der Waals surface area contributed by atoms with Gasteiger partial charge in [0.05, 0.1) is 11.5 Å². The average Bonchev–Trinajstić information content (AvgIpc) is 2.96. The molecule has 7 nitrogen and oxygen atoms in total. The molecular weight excluding hydrogens is 354 g/mol. The predicted octanol–water partition coefficient (Wildman–Crippen LogP) is 3.97. The van der Waals surface area contributed by atoms with Crippen LogP contribution in [-0.2, 0) is 23.6 Å². The van der Waals surface area contributed by atoms with Crippen molar-refractivity contribution in [1.29, 1.82) is 5.26 Å². The van der Waals surface area contributed by atoms with Gasteiger partial charge in [-0.15, -0.1) is 10.2 Å². The largest absolute Gasteiger partial charge is 0.444 e. The highest BCUT2D eigenvalue weighted by atomic mass is 16.6. The lowest BCUT2D eigenvalue weighted by Gasteiger charge is -2.51. The van der Waals surface area contributed by atoms with Crippen molar-refractivity contribution in [3.8, 4) is 6.07 Å². The Bertz CT molecular complexity index is 913. The molecule has 0 unspecified atom stereocenters. The van der Waals surface area contributed by atoms with E-state index >= 15 is 0 Å². The Morgan fingerprint density at radius 3 is 2.68 bits per heavy atom. The van der Waals surface area contributed by atoms with Gasteiger partial charge in [0.25, 0.3) is 0 Å². The number of carbonyl (C=O) groups excluding carboxylic acids is 1. The van der Waals surface area contributed by atoms with E-state index in [9.17, 15) is 10.1 Å². The summed E-state index contributed by atoms with van der Waals surface area (Å²) in [5.74, 6) is 0.880. The summed E-state index contributed by atoms with van der Waals surface area (Å²) in [6.07, 6.45) is 3.36. The molecule has 3 rings (SSSR count). The van der Waals surface area contributed by atoms with E-state index in [1.165, 1.54) is 0 Å². The second kappa shape index (κ2) is 6.93. The van der Waals surface area contributed by atoms with Crippen LogP contribution in [0.15, 0.2) is 30.6 Å². The maximum absolute atomic E-state index is 12.1. The number of nitriles is 1. The molecule has 0 saturated heterocycles. The van der Waals surface area contributed by atoms with Crippen molar-refractivity contribution in [2.45, 2.75) is 58.0 Å². The molecule has 1 amide bonds. The Morgan fingerprint density at radius 2 is 2.11 bits per heavy atom. The standard InChI is InChI=1S/C21H27N5O2/c1-19(2,3)28-18(27)24-16-8-6-7-15(9-16)21(11-20(4,12-21)13-22)10-17-25-23-14-26(17)5/h6-9,14H,10-12H2,1-5H3,(H,24,27). The number of amides is 1. The van der Waals surface area contributed by atoms with Gasteiger partial charge in [0.15, 0.2) is 0 Å². The summed E-state index contributed by atoms with van der Waals surface area (Å²) in [6, 6.07) is 10.2. The fourth-order valence-electron chi connectivity index (χ4n) is 4.07. The zero-order chi connectivity index (χ0) is 20.6. The van der Waals surface area contributed by atoms with Crippen molar-refractivity contribution >= 4 is 11.8 Å². The second-order valence-corrected chi connectivity index (χ2v) is 9.05. The Morgan fingerprint density at radius 1 is 1.39 bits per heavy atom. The summed E-state index contributed by atoms with van der Waals surface area (Å²) in [6.45, 7) is 7.48. The first-order chi connectivity index (χ1) is 13.0. The van der Waals surface area contributed by atoms with E-state index in [-0.39, 0.29) is 10.8 Å². The van der Waals surface area contributed by atoms with E-state index in [0.29, 0.717) is 12.1 Å². The monoisotopic (exact) mass is 381 g/mol. The van der Waals surface area contributed by atoms with Crippen LogP contribution >= 0.6 is 0 Å². The van der Waals surface area contributed by atoms with E-state index in [4.69, 9.17) is 4.74 Å². The van der Waals surface area contributed by atoms with Crippen LogP contribution in [0.1, 0.15) is 51.9 Å². The van der Waals surface area contributed by atoms with Gasteiger partial charge in [-0.05, 0) is 58.2 Å². The van der Waals surface area contributed by atoms with Crippen molar-refractivity contribution in [2.75, 3.05) is 5.32 Å². The molecule has 0 spiro atoms. The predicted molar refractivity (Wildman–Crippen MR) is 106 cm³/mol. The Hall–Kier alpha value is -2.88. The molecule has 2 aromatic rings. The lowest BCUT2D eigenvalue weighted by molar-refractivity contribution is 0.0635. The first-order valence-electron chi connectivity index (χ1n) is 9.39. The highest BCUT2D eigenvalue weighted by molar-refractivity contribution is 5.85. The maximum Gasteiger partial charge on any atom is 0.412 e. The molecule has 1 heterocycles. The summed E-state index contributed by atoms with van der Waals surface area (Å²) >= 11 is 0. The van der Waals surface area contributed by atoms with Crippen molar-refractivity contribution in [1.82, 2.24) is 14.8 Å². The number of anilines is 1. The van der Waals surface area contributed by atoms with Gasteiger partial charge < -0.3 is 9.30 Å². The third-order valence-electron chi connectivity index (χ3n) is 5.15. The van der Waals surface area contributed by atoms with Gasteiger partial charge in [-0.25, -0.2) is 4.79 Å². The van der Waals surface area contributed by atoms with Gasteiger partial charge in [-0.1, -0.05) is 12.1 Å². The van der Waals surface area contributed by atoms with Crippen molar-refractivity contribution in [2.24, 2.45) is 12.5 Å². The molecule has 1 N–H and O–H groups in total. The first-order valence-corrected chi connectivity index (χ1v) is 9.39. The number of benzene rings is 1. The number of nitrogens with one attached hydrogen (secondary N) is 1. The summed E-state index contributed by atoms with van der Waals surface area (Å²) in [5, 5.41) is 20.5. The van der Waals surface area contributed by atoms with E-state index in [2.05, 4.69) is 21.6 Å². The molecule has 1 fully saturated rings. The molecule has 1 aliphatic rings. The first kappa shape index (κ1) is 19.9. The van der Waals surface area contributed by atoms with Gasteiger partial charge in [0.1, 0.15) is 17.8 Å². The van der Waals surface area contributed by atoms with Crippen LogP contribution in [0.2, 0.25) is 0 Å². The Kier molecular flexibility index (Phi) is 4.92. The molecule has 1 saturated carbocycles. The van der Waals surface area contributed by atoms with E-state index in [1.807, 2.05) is 63.6 Å². The molecule has 0 bridgehead atoms. The number of carbonyl (C=O) groups is 1. The molecule has 1 aliphatic carbocycles. The van der Waals surface area contributed by atoms with Crippen LogP contribution in [0.25, 0.3) is 0 Å². The molecule has 0 atom stereocenters. The van der Waals surface area contributed by atoms with Crippen LogP contribution < -0.4 is 5.32 Å². The van der Waals surface area contributed by atoms with Crippen molar-refractivity contribution < 1.29 is 9.53 Å². The summed E-state index contributed by atoms with van der Waals surface area (Å²) in [4.78, 5) is 12.1. The molecule has 1 aromatic heterocycles. The summed E-state index contributed by atoms with van der Waals surface area (Å²) in [7, 11) is 1.92. The maximum atomic E-state index is 12.1. The van der Waals surface area contributed by atoms with Crippen molar-refractivity contribution in [3.63, 3.8) is 0 Å². The molecule has 7 heteroatoms. The number of nitrogens with zero attached hydrogens (tertiary/aromatic N) is 4. The average molecular weight is 381 g/mol. The molecular formula is C21H27N5O2. The van der Waals surface area contributed by atoms with Gasteiger partial charge in [0.2, 0.25) is 0 Å². The van der Waals surface area contributed by atoms with Gasteiger partial charge in [-0.3, -0.25) is 5.32 Å². The third kappa shape index (κ3) is 4.16. The van der Waals surface area contributed by atoms with Gasteiger partial charge in [-0.2, -0.15) is 5.26 Å². The quantitative estimate of drug-likeness (QED) is 0.865. The molecule has 0 radical (unpaired) electrons. The molecule has 148 valence electrons. The fraction of sp³-hybridized carbons (Fsp3) is 0.524. The molecule has 1 aromatic carbocycles. The minimum Gasteiger partial charge on any atom is -0.444 e. The lowest BCUT2D eigenvalue weighted by atomic mass is 9.50. The minimum atomic E-state index is -0.559. The van der Waals surface area contributed by atoms with Crippen LogP contribution in [-0.4, -0.2) is 26.5 Å². The minimum absolute atomic E-state index is 0.211. The topological polar surface area (TPSA) is 92.8 Å². The van der Waals surface area contributed by atoms with E-state index < -0.39 is 11.7 Å². The second-order valence-electron chi connectivity index (χ2n) is 9.05. The normalized spacial score (nSPS) is 24.1. The van der Waals surface area contributed by atoms with Crippen LogP contribution in [0.5, 0.6) is 0 Å². The smallest absolute Gasteiger partial charge is 0.412 e. The zero-order valence-electron chi connectivity index (χ0n) is 17.1. The number of hydrogen-bond donors (Lipinski definition) is 1. The Labute approximate surface area is 165 Å². The number of rotatable bonds is 4. The van der Waals surface area contributed by atoms with Crippen LogP contribution in [0.3, 0.4) is 0 Å². The highest BCUT2D eigenvalue weighted by Gasteiger charge is 2.53. The number of ether oxygens (including phenoxy) is 1.